The molecule has 0 saturated carbocycles. The molecule has 1 N–H and O–H groups in total. The maximum Gasteiger partial charge on any atom is 0.0320 e. The lowest BCUT2D eigenvalue weighted by Gasteiger charge is -2.16. The van der Waals surface area contributed by atoms with E-state index in [2.05, 4.69) is 50.0 Å². The molecule has 0 aliphatic rings. The van der Waals surface area contributed by atoms with Crippen molar-refractivity contribution < 1.29 is 0 Å². The molecule has 76 valence electrons. The Balaban J connectivity index is 2.72. The van der Waals surface area contributed by atoms with Crippen LogP contribution >= 0.6 is 0 Å². The molecule has 1 atom stereocenters. The molecule has 0 aliphatic heterocycles. The van der Waals surface area contributed by atoms with Crippen molar-refractivity contribution in [2.45, 2.75) is 26.3 Å². The molecule has 0 spiro atoms. The van der Waals surface area contributed by atoms with Gasteiger partial charge in [-0.15, -0.1) is 6.58 Å². The van der Waals surface area contributed by atoms with Gasteiger partial charge in [-0.25, -0.2) is 0 Å². The van der Waals surface area contributed by atoms with Crippen LogP contribution in [-0.4, -0.2) is 6.54 Å². The summed E-state index contributed by atoms with van der Waals surface area (Å²) in [4.78, 5) is 0. The minimum Gasteiger partial charge on any atom is -0.306 e. The van der Waals surface area contributed by atoms with Crippen molar-refractivity contribution in [2.75, 3.05) is 6.54 Å². The Bertz CT molecular complexity index is 291. The van der Waals surface area contributed by atoms with Crippen LogP contribution in [-0.2, 0) is 0 Å². The van der Waals surface area contributed by atoms with Crippen LogP contribution in [0.5, 0.6) is 0 Å². The summed E-state index contributed by atoms with van der Waals surface area (Å²) in [6.45, 7) is 8.91. The molecule has 0 heterocycles. The zero-order valence-corrected chi connectivity index (χ0v) is 9.09. The lowest BCUT2D eigenvalue weighted by Crippen LogP contribution is -2.20. The first-order valence-electron chi connectivity index (χ1n) is 5.18. The Labute approximate surface area is 86.8 Å². The fraction of sp³-hybridized carbons (Fsp3) is 0.385. The largest absolute Gasteiger partial charge is 0.306 e. The summed E-state index contributed by atoms with van der Waals surface area (Å²) >= 11 is 0. The first kappa shape index (κ1) is 11.0. The molecular weight excluding hydrogens is 170 g/mol. The van der Waals surface area contributed by atoms with E-state index in [0.717, 1.165) is 13.0 Å². The predicted molar refractivity (Wildman–Crippen MR) is 62.4 cm³/mol. The highest BCUT2D eigenvalue weighted by molar-refractivity contribution is 5.25. The smallest absolute Gasteiger partial charge is 0.0320 e. The van der Waals surface area contributed by atoms with Gasteiger partial charge in [-0.1, -0.05) is 42.8 Å². The van der Waals surface area contributed by atoms with E-state index < -0.39 is 0 Å². The van der Waals surface area contributed by atoms with E-state index in [1.807, 2.05) is 6.08 Å². The summed E-state index contributed by atoms with van der Waals surface area (Å²) in [6, 6.07) is 9.11. The minimum absolute atomic E-state index is 0.452. The molecule has 1 nitrogen and oxygen atoms in total. The molecule has 1 aromatic rings. The van der Waals surface area contributed by atoms with Gasteiger partial charge in [-0.05, 0) is 18.9 Å². The zero-order valence-electron chi connectivity index (χ0n) is 9.09. The summed E-state index contributed by atoms with van der Waals surface area (Å²) in [5.74, 6) is 0. The maximum atomic E-state index is 3.72. The van der Waals surface area contributed by atoms with Gasteiger partial charge in [0, 0.05) is 12.6 Å². The lowest BCUT2D eigenvalue weighted by atomic mass is 10.0. The van der Waals surface area contributed by atoms with Gasteiger partial charge < -0.3 is 5.32 Å². The quantitative estimate of drug-likeness (QED) is 0.701. The van der Waals surface area contributed by atoms with Crippen molar-refractivity contribution in [3.63, 3.8) is 0 Å². The van der Waals surface area contributed by atoms with E-state index in [0.29, 0.717) is 6.04 Å². The number of hydrogen-bond donors (Lipinski definition) is 1. The summed E-state index contributed by atoms with van der Waals surface area (Å²) < 4.78 is 0. The predicted octanol–water partition coefficient (Wildman–Crippen LogP) is 3.22. The van der Waals surface area contributed by atoms with Crippen molar-refractivity contribution in [2.24, 2.45) is 0 Å². The van der Waals surface area contributed by atoms with E-state index in [4.69, 9.17) is 0 Å². The number of aryl methyl sites for hydroxylation is 1. The first-order chi connectivity index (χ1) is 6.77. The van der Waals surface area contributed by atoms with Gasteiger partial charge >= 0.3 is 0 Å². The third kappa shape index (κ3) is 3.00. The second kappa shape index (κ2) is 5.61. The Morgan fingerprint density at radius 3 is 2.86 bits per heavy atom. The highest BCUT2D eigenvalue weighted by atomic mass is 14.9. The van der Waals surface area contributed by atoms with E-state index in [9.17, 15) is 0 Å². The molecule has 1 heteroatoms. The number of hydrogen-bond acceptors (Lipinski definition) is 1. The van der Waals surface area contributed by atoms with Crippen molar-refractivity contribution >= 4 is 0 Å². The third-order valence-electron chi connectivity index (χ3n) is 2.36. The standard InChI is InChI=1S/C13H19N/c1-4-9-14-13(5-2)12-8-6-7-11(3)10-12/h4,6-8,10,13-14H,1,5,9H2,2-3H3. The van der Waals surface area contributed by atoms with Crippen LogP contribution in [0.2, 0.25) is 0 Å². The number of rotatable bonds is 5. The van der Waals surface area contributed by atoms with E-state index in [1.165, 1.54) is 11.1 Å². The van der Waals surface area contributed by atoms with Gasteiger partial charge in [0.25, 0.3) is 0 Å². The molecule has 1 rings (SSSR count). The van der Waals surface area contributed by atoms with Crippen LogP contribution in [0, 0.1) is 6.92 Å². The Morgan fingerprint density at radius 1 is 1.50 bits per heavy atom. The SMILES string of the molecule is C=CCNC(CC)c1cccc(C)c1. The molecule has 1 aromatic carbocycles. The van der Waals surface area contributed by atoms with E-state index >= 15 is 0 Å². The summed E-state index contributed by atoms with van der Waals surface area (Å²) in [5.41, 5.74) is 2.69. The van der Waals surface area contributed by atoms with Crippen LogP contribution in [0.25, 0.3) is 0 Å². The fourth-order valence-electron chi connectivity index (χ4n) is 1.61. The summed E-state index contributed by atoms with van der Waals surface area (Å²) in [7, 11) is 0. The number of benzene rings is 1. The van der Waals surface area contributed by atoms with Crippen LogP contribution in [0.15, 0.2) is 36.9 Å². The van der Waals surface area contributed by atoms with E-state index in [-0.39, 0.29) is 0 Å². The zero-order chi connectivity index (χ0) is 10.4. The molecule has 14 heavy (non-hydrogen) atoms. The van der Waals surface area contributed by atoms with Gasteiger partial charge in [-0.2, -0.15) is 0 Å². The Morgan fingerprint density at radius 2 is 2.29 bits per heavy atom. The van der Waals surface area contributed by atoms with Crippen LogP contribution in [0.4, 0.5) is 0 Å². The van der Waals surface area contributed by atoms with Crippen molar-refractivity contribution in [1.82, 2.24) is 5.32 Å². The molecule has 0 aromatic heterocycles. The molecule has 0 saturated heterocycles. The van der Waals surface area contributed by atoms with Gasteiger partial charge in [0.15, 0.2) is 0 Å². The molecule has 0 amide bonds. The maximum absolute atomic E-state index is 3.72. The van der Waals surface area contributed by atoms with Gasteiger partial charge in [-0.3, -0.25) is 0 Å². The monoisotopic (exact) mass is 189 g/mol. The second-order valence-corrected chi connectivity index (χ2v) is 3.57. The fourth-order valence-corrected chi connectivity index (χ4v) is 1.61. The van der Waals surface area contributed by atoms with Crippen LogP contribution in [0.3, 0.4) is 0 Å². The Kier molecular flexibility index (Phi) is 4.41. The minimum atomic E-state index is 0.452. The topological polar surface area (TPSA) is 12.0 Å². The molecule has 0 fully saturated rings. The van der Waals surface area contributed by atoms with Gasteiger partial charge in [0.2, 0.25) is 0 Å². The molecule has 0 aliphatic carbocycles. The first-order valence-corrected chi connectivity index (χ1v) is 5.18. The third-order valence-corrected chi connectivity index (χ3v) is 2.36. The Hall–Kier alpha value is -1.08. The normalized spacial score (nSPS) is 12.4. The van der Waals surface area contributed by atoms with Gasteiger partial charge in [0.1, 0.15) is 0 Å². The highest BCUT2D eigenvalue weighted by Gasteiger charge is 2.06. The average Bonchev–Trinajstić information content (AvgIpc) is 2.19. The summed E-state index contributed by atoms with van der Waals surface area (Å²) in [6.07, 6.45) is 3.01. The van der Waals surface area contributed by atoms with E-state index in [1.54, 1.807) is 0 Å². The molecule has 0 bridgehead atoms. The molecule has 0 radical (unpaired) electrons. The van der Waals surface area contributed by atoms with Crippen LogP contribution in [0.1, 0.15) is 30.5 Å². The molecular formula is C13H19N. The molecule has 1 unspecified atom stereocenters. The summed E-state index contributed by atoms with van der Waals surface area (Å²) in [5, 5.41) is 3.44. The van der Waals surface area contributed by atoms with Crippen molar-refractivity contribution in [3.05, 3.63) is 48.0 Å². The lowest BCUT2D eigenvalue weighted by molar-refractivity contribution is 0.551. The second-order valence-electron chi connectivity index (χ2n) is 3.57. The van der Waals surface area contributed by atoms with Crippen molar-refractivity contribution in [1.29, 1.82) is 0 Å². The number of nitrogens with one attached hydrogen (secondary N) is 1. The average molecular weight is 189 g/mol. The van der Waals surface area contributed by atoms with Crippen molar-refractivity contribution in [3.8, 4) is 0 Å². The van der Waals surface area contributed by atoms with Crippen LogP contribution < -0.4 is 5.32 Å². The highest BCUT2D eigenvalue weighted by Crippen LogP contribution is 2.17. The van der Waals surface area contributed by atoms with Gasteiger partial charge in [0.05, 0.1) is 0 Å².